The van der Waals surface area contributed by atoms with Crippen LogP contribution < -0.4 is 14.4 Å². The quantitative estimate of drug-likeness (QED) is 0.173. The van der Waals surface area contributed by atoms with Crippen molar-refractivity contribution in [2.45, 2.75) is 19.3 Å². The summed E-state index contributed by atoms with van der Waals surface area (Å²) in [6, 6.07) is 31.8. The molecule has 5 aromatic carbocycles. The highest BCUT2D eigenvalue weighted by Crippen LogP contribution is 2.36. The number of ether oxygens (including phenoxy) is 2. The zero-order valence-electron chi connectivity index (χ0n) is 25.8. The van der Waals surface area contributed by atoms with Gasteiger partial charge in [0.05, 0.1) is 27.9 Å². The molecule has 8 heteroatoms. The van der Waals surface area contributed by atoms with E-state index in [1.165, 1.54) is 7.05 Å². The predicted octanol–water partition coefficient (Wildman–Crippen LogP) is 7.68. The molecule has 8 nitrogen and oxygen atoms in total. The predicted molar refractivity (Wildman–Crippen MR) is 175 cm³/mol. The van der Waals surface area contributed by atoms with Gasteiger partial charge < -0.3 is 9.47 Å². The van der Waals surface area contributed by atoms with E-state index < -0.39 is 11.8 Å². The molecule has 0 fully saturated rings. The SMILES string of the molecule is [CH]c1ccc(N2C(=O)c3ccc(Oc4ccc(C(C)(C)c5ccc(Oc6ccc7c(c6)C(=O)N(C)C7=O)cc5)cc4)cc3C2=O)cc1. The third-order valence-electron chi connectivity index (χ3n) is 8.69. The third kappa shape index (κ3) is 5.13. The van der Waals surface area contributed by atoms with Crippen LogP contribution in [0, 0.1) is 6.92 Å². The molecule has 0 aliphatic carbocycles. The lowest BCUT2D eigenvalue weighted by atomic mass is 9.78. The molecular formula is C39H28N2O6. The maximum atomic E-state index is 13.2. The van der Waals surface area contributed by atoms with Crippen molar-refractivity contribution >= 4 is 29.3 Å². The Morgan fingerprint density at radius 3 is 1.43 bits per heavy atom. The monoisotopic (exact) mass is 620 g/mol. The molecule has 0 saturated heterocycles. The van der Waals surface area contributed by atoms with Crippen molar-refractivity contribution < 1.29 is 28.7 Å². The van der Waals surface area contributed by atoms with Crippen LogP contribution in [0.1, 0.15) is 72.0 Å². The number of hydrogen-bond acceptors (Lipinski definition) is 6. The van der Waals surface area contributed by atoms with Gasteiger partial charge in [-0.15, -0.1) is 0 Å². The summed E-state index contributed by atoms with van der Waals surface area (Å²) in [6.45, 7) is 10.00. The third-order valence-corrected chi connectivity index (χ3v) is 8.69. The van der Waals surface area contributed by atoms with Crippen molar-refractivity contribution in [3.05, 3.63) is 155 Å². The van der Waals surface area contributed by atoms with Crippen LogP contribution in [0.25, 0.3) is 0 Å². The molecule has 2 radical (unpaired) electrons. The van der Waals surface area contributed by atoms with Crippen LogP contribution in [-0.4, -0.2) is 35.6 Å². The van der Waals surface area contributed by atoms with Gasteiger partial charge in [-0.05, 0) is 96.4 Å². The molecule has 0 spiro atoms. The van der Waals surface area contributed by atoms with E-state index in [-0.39, 0.29) is 22.8 Å². The lowest BCUT2D eigenvalue weighted by Crippen LogP contribution is -2.29. The summed E-state index contributed by atoms with van der Waals surface area (Å²) < 4.78 is 12.1. The normalized spacial score (nSPS) is 14.0. The molecule has 0 N–H and O–H groups in total. The van der Waals surface area contributed by atoms with Crippen LogP contribution in [0.5, 0.6) is 23.0 Å². The molecule has 7 rings (SSSR count). The number of rotatable bonds is 7. The second-order valence-corrected chi connectivity index (χ2v) is 12.0. The number of carbonyl (C=O) groups excluding carboxylic acids is 4. The maximum absolute atomic E-state index is 13.2. The Bertz CT molecular complexity index is 2100. The molecule has 4 amide bonds. The lowest BCUT2D eigenvalue weighted by molar-refractivity contribution is 0.0692. The van der Waals surface area contributed by atoms with Crippen molar-refractivity contribution in [1.29, 1.82) is 0 Å². The van der Waals surface area contributed by atoms with Gasteiger partial charge in [0.15, 0.2) is 0 Å². The molecule has 230 valence electrons. The van der Waals surface area contributed by atoms with Crippen LogP contribution in [0.4, 0.5) is 5.69 Å². The largest absolute Gasteiger partial charge is 0.457 e. The molecular weight excluding hydrogens is 592 g/mol. The highest BCUT2D eigenvalue weighted by atomic mass is 16.5. The van der Waals surface area contributed by atoms with E-state index in [1.54, 1.807) is 60.7 Å². The van der Waals surface area contributed by atoms with Gasteiger partial charge in [0, 0.05) is 12.5 Å². The zero-order valence-corrected chi connectivity index (χ0v) is 25.8. The minimum atomic E-state index is -0.416. The van der Waals surface area contributed by atoms with Gasteiger partial charge in [0.25, 0.3) is 23.6 Å². The molecule has 0 atom stereocenters. The van der Waals surface area contributed by atoms with Gasteiger partial charge in [-0.25, -0.2) is 4.90 Å². The fraction of sp³-hybridized carbons (Fsp3) is 0.103. The average Bonchev–Trinajstić information content (AvgIpc) is 3.44. The first-order chi connectivity index (χ1) is 22.5. The van der Waals surface area contributed by atoms with Gasteiger partial charge in [-0.2, -0.15) is 0 Å². The summed E-state index contributed by atoms with van der Waals surface area (Å²) in [5, 5.41) is 0. The second kappa shape index (κ2) is 11.1. The van der Waals surface area contributed by atoms with E-state index in [1.807, 2.05) is 48.5 Å². The number of anilines is 1. The minimum absolute atomic E-state index is 0.280. The standard InChI is InChI=1S/C39H28N2O6/c1-23-5-11-26(12-6-23)41-37(44)32-20-18-30(22-34(32)38(41)45)47-28-15-9-25(10-16-28)39(2,3)24-7-13-27(14-8-24)46-29-17-19-31-33(21-29)36(43)40(4)35(31)42/h1,5-22H,2-4H3. The first-order valence-corrected chi connectivity index (χ1v) is 14.9. The fourth-order valence-electron chi connectivity index (χ4n) is 5.86. The summed E-state index contributed by atoms with van der Waals surface area (Å²) in [6.07, 6.45) is 0. The van der Waals surface area contributed by atoms with Gasteiger partial charge in [0.1, 0.15) is 23.0 Å². The molecule has 0 saturated carbocycles. The number of amides is 4. The van der Waals surface area contributed by atoms with E-state index in [0.29, 0.717) is 50.9 Å². The second-order valence-electron chi connectivity index (χ2n) is 12.0. The van der Waals surface area contributed by atoms with Crippen LogP contribution in [-0.2, 0) is 5.41 Å². The summed E-state index contributed by atoms with van der Waals surface area (Å²) in [7, 11) is 1.46. The Morgan fingerprint density at radius 1 is 0.511 bits per heavy atom. The number of benzene rings is 5. The summed E-state index contributed by atoms with van der Waals surface area (Å²) in [5.74, 6) is 0.635. The van der Waals surface area contributed by atoms with E-state index in [9.17, 15) is 19.2 Å². The van der Waals surface area contributed by atoms with Crippen LogP contribution in [0.2, 0.25) is 0 Å². The van der Waals surface area contributed by atoms with Crippen LogP contribution in [0.3, 0.4) is 0 Å². The van der Waals surface area contributed by atoms with Crippen LogP contribution >= 0.6 is 0 Å². The highest BCUT2D eigenvalue weighted by Gasteiger charge is 2.37. The summed E-state index contributed by atoms with van der Waals surface area (Å²) >= 11 is 0. The van der Waals surface area contributed by atoms with Crippen molar-refractivity contribution in [2.24, 2.45) is 0 Å². The van der Waals surface area contributed by atoms with E-state index in [2.05, 4.69) is 13.8 Å². The molecule has 2 heterocycles. The Balaban J connectivity index is 1.03. The minimum Gasteiger partial charge on any atom is -0.457 e. The molecule has 5 aromatic rings. The molecule has 0 bridgehead atoms. The maximum Gasteiger partial charge on any atom is 0.266 e. The number of hydrogen-bond donors (Lipinski definition) is 0. The van der Waals surface area contributed by atoms with E-state index in [0.717, 1.165) is 20.9 Å². The van der Waals surface area contributed by atoms with Gasteiger partial charge in [-0.3, -0.25) is 24.1 Å². The molecule has 0 unspecified atom stereocenters. The van der Waals surface area contributed by atoms with Crippen molar-refractivity contribution in [2.75, 3.05) is 11.9 Å². The Labute approximate surface area is 271 Å². The number of nitrogens with zero attached hydrogens (tertiary/aromatic N) is 2. The lowest BCUT2D eigenvalue weighted by Gasteiger charge is -2.26. The molecule has 47 heavy (non-hydrogen) atoms. The smallest absolute Gasteiger partial charge is 0.266 e. The highest BCUT2D eigenvalue weighted by molar-refractivity contribution is 6.34. The summed E-state index contributed by atoms with van der Waals surface area (Å²) in [4.78, 5) is 52.9. The first kappa shape index (κ1) is 29.7. The molecule has 2 aliphatic heterocycles. The van der Waals surface area contributed by atoms with Gasteiger partial charge in [0.2, 0.25) is 0 Å². The van der Waals surface area contributed by atoms with Crippen molar-refractivity contribution in [3.63, 3.8) is 0 Å². The van der Waals surface area contributed by atoms with Gasteiger partial charge >= 0.3 is 0 Å². The Kier molecular flexibility index (Phi) is 7.01. The van der Waals surface area contributed by atoms with Gasteiger partial charge in [-0.1, -0.05) is 50.2 Å². The Hall–Kier alpha value is -6.02. The Morgan fingerprint density at radius 2 is 0.915 bits per heavy atom. The van der Waals surface area contributed by atoms with E-state index >= 15 is 0 Å². The zero-order chi connectivity index (χ0) is 33.0. The first-order valence-electron chi connectivity index (χ1n) is 14.9. The van der Waals surface area contributed by atoms with E-state index in [4.69, 9.17) is 16.4 Å². The van der Waals surface area contributed by atoms with Crippen molar-refractivity contribution in [1.82, 2.24) is 4.90 Å². The number of fused-ring (bicyclic) bond motifs is 2. The number of carbonyl (C=O) groups is 4. The fourth-order valence-corrected chi connectivity index (χ4v) is 5.86. The average molecular weight is 621 g/mol. The summed E-state index contributed by atoms with van der Waals surface area (Å²) in [5.41, 5.74) is 4.06. The number of imide groups is 2. The van der Waals surface area contributed by atoms with Crippen LogP contribution in [0.15, 0.2) is 109 Å². The molecule has 0 aromatic heterocycles. The topological polar surface area (TPSA) is 93.2 Å². The van der Waals surface area contributed by atoms with Crippen molar-refractivity contribution in [3.8, 4) is 23.0 Å². The molecule has 2 aliphatic rings.